The van der Waals surface area contributed by atoms with E-state index < -0.39 is 0 Å². The SMILES string of the molecule is COCCCN(CCOC)C(=O)C1CCCNC1C. The number of hydrogen-bond acceptors (Lipinski definition) is 4. The van der Waals surface area contributed by atoms with E-state index in [1.54, 1.807) is 14.2 Å². The first kappa shape index (κ1) is 16.4. The number of carbonyl (C=O) groups excluding carboxylic acids is 1. The van der Waals surface area contributed by atoms with Gasteiger partial charge in [-0.2, -0.15) is 0 Å². The fourth-order valence-electron chi connectivity index (χ4n) is 2.55. The Bertz CT molecular complexity index is 261. The molecule has 0 bridgehead atoms. The molecule has 1 N–H and O–H groups in total. The van der Waals surface area contributed by atoms with Crippen molar-refractivity contribution in [3.05, 3.63) is 0 Å². The maximum atomic E-state index is 12.6. The quantitative estimate of drug-likeness (QED) is 0.667. The first-order chi connectivity index (χ1) is 9.20. The minimum absolute atomic E-state index is 0.105. The van der Waals surface area contributed by atoms with Gasteiger partial charge in [-0.15, -0.1) is 0 Å². The van der Waals surface area contributed by atoms with Gasteiger partial charge in [0.1, 0.15) is 0 Å². The van der Waals surface area contributed by atoms with E-state index in [0.29, 0.717) is 19.8 Å². The number of rotatable bonds is 8. The molecule has 19 heavy (non-hydrogen) atoms. The standard InChI is InChI=1S/C14H28N2O3/c1-12-13(6-4-7-15-12)14(17)16(9-11-19-3)8-5-10-18-2/h12-13,15H,4-11H2,1-3H3. The Morgan fingerprint density at radius 2 is 2.00 bits per heavy atom. The van der Waals surface area contributed by atoms with Gasteiger partial charge in [-0.3, -0.25) is 4.79 Å². The van der Waals surface area contributed by atoms with Crippen molar-refractivity contribution in [3.8, 4) is 0 Å². The van der Waals surface area contributed by atoms with Gasteiger partial charge in [-0.05, 0) is 32.7 Å². The van der Waals surface area contributed by atoms with Gasteiger partial charge in [0.15, 0.2) is 0 Å². The molecule has 0 saturated carbocycles. The molecule has 1 fully saturated rings. The molecule has 5 nitrogen and oxygen atoms in total. The lowest BCUT2D eigenvalue weighted by atomic mass is 9.90. The van der Waals surface area contributed by atoms with Crippen molar-refractivity contribution >= 4 is 5.91 Å². The topological polar surface area (TPSA) is 50.8 Å². The number of piperidine rings is 1. The lowest BCUT2D eigenvalue weighted by molar-refractivity contribution is -0.138. The summed E-state index contributed by atoms with van der Waals surface area (Å²) in [6.07, 6.45) is 2.94. The van der Waals surface area contributed by atoms with Crippen molar-refractivity contribution in [2.45, 2.75) is 32.2 Å². The molecular weight excluding hydrogens is 244 g/mol. The number of carbonyl (C=O) groups is 1. The molecule has 2 unspecified atom stereocenters. The summed E-state index contributed by atoms with van der Waals surface area (Å²) in [4.78, 5) is 14.5. The average Bonchev–Trinajstić information content (AvgIpc) is 2.42. The van der Waals surface area contributed by atoms with Crippen LogP contribution in [0.4, 0.5) is 0 Å². The van der Waals surface area contributed by atoms with Crippen LogP contribution in [0.5, 0.6) is 0 Å². The van der Waals surface area contributed by atoms with E-state index in [4.69, 9.17) is 9.47 Å². The Morgan fingerprint density at radius 1 is 1.26 bits per heavy atom. The molecule has 0 aromatic carbocycles. The Balaban J connectivity index is 2.52. The zero-order valence-electron chi connectivity index (χ0n) is 12.5. The van der Waals surface area contributed by atoms with Gasteiger partial charge < -0.3 is 19.7 Å². The monoisotopic (exact) mass is 272 g/mol. The summed E-state index contributed by atoms with van der Waals surface area (Å²) in [5.74, 6) is 0.362. The largest absolute Gasteiger partial charge is 0.385 e. The van der Waals surface area contributed by atoms with Crippen LogP contribution >= 0.6 is 0 Å². The highest BCUT2D eigenvalue weighted by Crippen LogP contribution is 2.19. The lowest BCUT2D eigenvalue weighted by Crippen LogP contribution is -2.49. The van der Waals surface area contributed by atoms with Crippen molar-refractivity contribution in [2.75, 3.05) is 47.1 Å². The Morgan fingerprint density at radius 3 is 2.63 bits per heavy atom. The maximum Gasteiger partial charge on any atom is 0.227 e. The number of amides is 1. The molecule has 1 aliphatic rings. The first-order valence-electron chi connectivity index (χ1n) is 7.20. The molecule has 5 heteroatoms. The molecule has 1 rings (SSSR count). The van der Waals surface area contributed by atoms with Crippen molar-refractivity contribution in [3.63, 3.8) is 0 Å². The second-order valence-electron chi connectivity index (χ2n) is 5.16. The Kier molecular flexibility index (Phi) is 8.02. The van der Waals surface area contributed by atoms with Crippen LogP contribution in [0.25, 0.3) is 0 Å². The van der Waals surface area contributed by atoms with Crippen molar-refractivity contribution in [1.82, 2.24) is 10.2 Å². The van der Waals surface area contributed by atoms with Crippen LogP contribution in [-0.2, 0) is 14.3 Å². The molecule has 0 aromatic heterocycles. The predicted octanol–water partition coefficient (Wildman–Crippen LogP) is 0.886. The molecule has 1 aliphatic heterocycles. The van der Waals surface area contributed by atoms with Crippen molar-refractivity contribution < 1.29 is 14.3 Å². The molecule has 0 radical (unpaired) electrons. The molecule has 1 heterocycles. The van der Waals surface area contributed by atoms with Gasteiger partial charge >= 0.3 is 0 Å². The van der Waals surface area contributed by atoms with E-state index in [1.165, 1.54) is 0 Å². The van der Waals surface area contributed by atoms with Crippen LogP contribution in [0.2, 0.25) is 0 Å². The molecule has 0 aliphatic carbocycles. The molecule has 0 spiro atoms. The third-order valence-electron chi connectivity index (χ3n) is 3.73. The van der Waals surface area contributed by atoms with E-state index in [0.717, 1.165) is 32.4 Å². The molecule has 1 amide bonds. The first-order valence-corrected chi connectivity index (χ1v) is 7.20. The number of ether oxygens (including phenoxy) is 2. The van der Waals surface area contributed by atoms with Gasteiger partial charge in [0.25, 0.3) is 0 Å². The number of hydrogen-bond donors (Lipinski definition) is 1. The van der Waals surface area contributed by atoms with Gasteiger partial charge in [0.2, 0.25) is 5.91 Å². The van der Waals surface area contributed by atoms with Crippen LogP contribution in [0.15, 0.2) is 0 Å². The van der Waals surface area contributed by atoms with Crippen LogP contribution in [0.1, 0.15) is 26.2 Å². The third kappa shape index (κ3) is 5.47. The van der Waals surface area contributed by atoms with E-state index in [-0.39, 0.29) is 17.9 Å². The zero-order chi connectivity index (χ0) is 14.1. The minimum atomic E-state index is 0.105. The molecule has 1 saturated heterocycles. The smallest absolute Gasteiger partial charge is 0.227 e. The zero-order valence-corrected chi connectivity index (χ0v) is 12.5. The summed E-state index contributed by atoms with van der Waals surface area (Å²) >= 11 is 0. The highest BCUT2D eigenvalue weighted by Gasteiger charge is 2.30. The lowest BCUT2D eigenvalue weighted by Gasteiger charge is -2.33. The summed E-state index contributed by atoms with van der Waals surface area (Å²) in [5.41, 5.74) is 0. The number of methoxy groups -OCH3 is 2. The summed E-state index contributed by atoms with van der Waals surface area (Å²) in [6.45, 7) is 5.82. The second kappa shape index (κ2) is 9.28. The number of nitrogens with one attached hydrogen (secondary N) is 1. The highest BCUT2D eigenvalue weighted by molar-refractivity contribution is 5.79. The fourth-order valence-corrected chi connectivity index (χ4v) is 2.55. The Hall–Kier alpha value is -0.650. The molecule has 2 atom stereocenters. The van der Waals surface area contributed by atoms with Crippen molar-refractivity contribution in [1.29, 1.82) is 0 Å². The van der Waals surface area contributed by atoms with Gasteiger partial charge in [0.05, 0.1) is 12.5 Å². The molecule has 112 valence electrons. The Labute approximate surface area is 116 Å². The fraction of sp³-hybridized carbons (Fsp3) is 0.929. The third-order valence-corrected chi connectivity index (χ3v) is 3.73. The van der Waals surface area contributed by atoms with Crippen LogP contribution < -0.4 is 5.32 Å². The van der Waals surface area contributed by atoms with Gasteiger partial charge in [0, 0.05) is 40.0 Å². The van der Waals surface area contributed by atoms with E-state index in [2.05, 4.69) is 12.2 Å². The maximum absolute atomic E-state index is 12.6. The summed E-state index contributed by atoms with van der Waals surface area (Å²) in [7, 11) is 3.36. The van der Waals surface area contributed by atoms with Crippen LogP contribution in [0, 0.1) is 5.92 Å². The summed E-state index contributed by atoms with van der Waals surface area (Å²) < 4.78 is 10.2. The van der Waals surface area contributed by atoms with Gasteiger partial charge in [-0.1, -0.05) is 0 Å². The normalized spacial score (nSPS) is 23.3. The molecule has 0 aromatic rings. The second-order valence-corrected chi connectivity index (χ2v) is 5.16. The summed E-state index contributed by atoms with van der Waals surface area (Å²) in [5, 5.41) is 3.39. The molecular formula is C14H28N2O3. The van der Waals surface area contributed by atoms with Crippen molar-refractivity contribution in [2.24, 2.45) is 5.92 Å². The van der Waals surface area contributed by atoms with Gasteiger partial charge in [-0.25, -0.2) is 0 Å². The average molecular weight is 272 g/mol. The van der Waals surface area contributed by atoms with E-state index in [9.17, 15) is 4.79 Å². The summed E-state index contributed by atoms with van der Waals surface area (Å²) in [6, 6.07) is 0.272. The van der Waals surface area contributed by atoms with Crippen LogP contribution in [0.3, 0.4) is 0 Å². The number of nitrogens with zero attached hydrogens (tertiary/aromatic N) is 1. The van der Waals surface area contributed by atoms with E-state index in [1.807, 2.05) is 4.90 Å². The highest BCUT2D eigenvalue weighted by atomic mass is 16.5. The van der Waals surface area contributed by atoms with E-state index >= 15 is 0 Å². The minimum Gasteiger partial charge on any atom is -0.385 e. The predicted molar refractivity (Wildman–Crippen MR) is 75.1 cm³/mol. The van der Waals surface area contributed by atoms with Crippen LogP contribution in [-0.4, -0.2) is 63.9 Å².